The summed E-state index contributed by atoms with van der Waals surface area (Å²) in [5.74, 6) is 0.399. The average molecular weight is 458 g/mol. The predicted molar refractivity (Wildman–Crippen MR) is 127 cm³/mol. The summed E-state index contributed by atoms with van der Waals surface area (Å²) in [6.07, 6.45) is 5.27. The Bertz CT molecular complexity index is 1470. The number of imidazole rings is 1. The molecule has 34 heavy (non-hydrogen) atoms. The second-order valence-electron chi connectivity index (χ2n) is 8.25. The van der Waals surface area contributed by atoms with Gasteiger partial charge in [0.2, 0.25) is 5.91 Å². The van der Waals surface area contributed by atoms with Crippen molar-refractivity contribution in [3.8, 4) is 17.2 Å². The summed E-state index contributed by atoms with van der Waals surface area (Å²) in [6.45, 7) is 6.22. The molecule has 0 spiro atoms. The zero-order chi connectivity index (χ0) is 23.8. The van der Waals surface area contributed by atoms with Crippen LogP contribution >= 0.6 is 0 Å². The van der Waals surface area contributed by atoms with E-state index in [1.165, 1.54) is 12.1 Å². The van der Waals surface area contributed by atoms with E-state index in [1.807, 2.05) is 12.1 Å². The molecule has 8 heteroatoms. The Kier molecular flexibility index (Phi) is 5.49. The highest BCUT2D eigenvalue weighted by molar-refractivity contribution is 5.87. The van der Waals surface area contributed by atoms with Gasteiger partial charge in [-0.1, -0.05) is 18.7 Å². The molecule has 1 amide bonds. The van der Waals surface area contributed by atoms with Crippen molar-refractivity contribution >= 4 is 16.9 Å². The summed E-state index contributed by atoms with van der Waals surface area (Å²) >= 11 is 0. The van der Waals surface area contributed by atoms with Crippen LogP contribution in [0.25, 0.3) is 16.7 Å². The lowest BCUT2D eigenvalue weighted by Crippen LogP contribution is -2.31. The van der Waals surface area contributed by atoms with Crippen molar-refractivity contribution in [2.45, 2.75) is 19.4 Å². The van der Waals surface area contributed by atoms with Crippen LogP contribution in [0.15, 0.2) is 78.4 Å². The molecule has 0 unspecified atom stereocenters. The van der Waals surface area contributed by atoms with Gasteiger partial charge in [-0.25, -0.2) is 9.18 Å². The van der Waals surface area contributed by atoms with Crippen LogP contribution < -0.4 is 10.4 Å². The number of likely N-dealkylation sites (tertiary alicyclic amines) is 1. The molecule has 2 aromatic carbocycles. The van der Waals surface area contributed by atoms with Crippen LogP contribution in [0.1, 0.15) is 18.0 Å². The van der Waals surface area contributed by atoms with Gasteiger partial charge in [-0.3, -0.25) is 18.9 Å². The molecule has 0 aliphatic carbocycles. The van der Waals surface area contributed by atoms with E-state index in [9.17, 15) is 14.0 Å². The summed E-state index contributed by atoms with van der Waals surface area (Å²) in [5, 5.41) is 0. The SMILES string of the molecule is C=CC(=O)N1CC[C@@H](n2c(=O)n(-c3cccc(Oc4cccc(F)c4C)c3)c3cnccc32)C1. The molecular weight excluding hydrogens is 435 g/mol. The van der Waals surface area contributed by atoms with Crippen molar-refractivity contribution in [3.05, 3.63) is 95.4 Å². The van der Waals surface area contributed by atoms with Crippen LogP contribution in [0.3, 0.4) is 0 Å². The van der Waals surface area contributed by atoms with Crippen molar-refractivity contribution < 1.29 is 13.9 Å². The van der Waals surface area contributed by atoms with Crippen molar-refractivity contribution in [1.82, 2.24) is 19.0 Å². The zero-order valence-electron chi connectivity index (χ0n) is 18.6. The van der Waals surface area contributed by atoms with E-state index in [0.717, 1.165) is 5.52 Å². The van der Waals surface area contributed by atoms with Gasteiger partial charge in [0.1, 0.15) is 17.3 Å². The monoisotopic (exact) mass is 458 g/mol. The van der Waals surface area contributed by atoms with Crippen molar-refractivity contribution in [2.24, 2.45) is 0 Å². The molecule has 1 atom stereocenters. The molecule has 1 saturated heterocycles. The number of fused-ring (bicyclic) bond motifs is 1. The van der Waals surface area contributed by atoms with Crippen molar-refractivity contribution in [1.29, 1.82) is 0 Å². The lowest BCUT2D eigenvalue weighted by Gasteiger charge is -2.15. The first-order chi connectivity index (χ1) is 16.5. The standard InChI is InChI=1S/C26H23FN4O3/c1-3-25(32)29-13-11-19(16-29)31-22-10-12-28-15-23(22)30(26(31)33)18-6-4-7-20(14-18)34-24-9-5-8-21(27)17(24)2/h3-10,12,14-15,19H,1,11,13,16H2,2H3/t19-/m1/s1. The van der Waals surface area contributed by atoms with Crippen LogP contribution in [0.4, 0.5) is 4.39 Å². The number of hydrogen-bond donors (Lipinski definition) is 0. The largest absolute Gasteiger partial charge is 0.457 e. The summed E-state index contributed by atoms with van der Waals surface area (Å²) in [7, 11) is 0. The number of nitrogens with zero attached hydrogens (tertiary/aromatic N) is 4. The van der Waals surface area contributed by atoms with Gasteiger partial charge in [-0.05, 0) is 49.8 Å². The molecule has 2 aromatic heterocycles. The first-order valence-corrected chi connectivity index (χ1v) is 11.0. The Morgan fingerprint density at radius 1 is 1.21 bits per heavy atom. The molecule has 0 bridgehead atoms. The summed E-state index contributed by atoms with van der Waals surface area (Å²) in [4.78, 5) is 31.7. The molecule has 1 aliphatic heterocycles. The minimum absolute atomic E-state index is 0.140. The van der Waals surface area contributed by atoms with Gasteiger partial charge in [-0.15, -0.1) is 0 Å². The number of carbonyl (C=O) groups excluding carboxylic acids is 1. The lowest BCUT2D eigenvalue weighted by atomic mass is 10.2. The molecule has 1 fully saturated rings. The van der Waals surface area contributed by atoms with Crippen molar-refractivity contribution in [3.63, 3.8) is 0 Å². The Balaban J connectivity index is 1.57. The van der Waals surface area contributed by atoms with Gasteiger partial charge in [-0.2, -0.15) is 0 Å². The molecule has 1 aliphatic rings. The topological polar surface area (TPSA) is 69.4 Å². The molecule has 4 aromatic rings. The highest BCUT2D eigenvalue weighted by Gasteiger charge is 2.30. The number of amides is 1. The lowest BCUT2D eigenvalue weighted by molar-refractivity contribution is -0.125. The van der Waals surface area contributed by atoms with Gasteiger partial charge in [0.05, 0.1) is 29.0 Å². The fourth-order valence-corrected chi connectivity index (χ4v) is 4.46. The fourth-order valence-electron chi connectivity index (χ4n) is 4.46. The highest BCUT2D eigenvalue weighted by atomic mass is 19.1. The Hall–Kier alpha value is -4.20. The van der Waals surface area contributed by atoms with Crippen LogP contribution in [0, 0.1) is 12.7 Å². The molecule has 0 saturated carbocycles. The zero-order valence-corrected chi connectivity index (χ0v) is 18.6. The molecule has 172 valence electrons. The number of carbonyl (C=O) groups is 1. The Morgan fingerprint density at radius 2 is 2.03 bits per heavy atom. The number of hydrogen-bond acceptors (Lipinski definition) is 4. The smallest absolute Gasteiger partial charge is 0.334 e. The summed E-state index contributed by atoms with van der Waals surface area (Å²) < 4.78 is 23.2. The van der Waals surface area contributed by atoms with E-state index in [0.29, 0.717) is 47.8 Å². The number of benzene rings is 2. The van der Waals surface area contributed by atoms with Gasteiger partial charge < -0.3 is 9.64 Å². The Morgan fingerprint density at radius 3 is 2.85 bits per heavy atom. The van der Waals surface area contributed by atoms with Crippen LogP contribution in [-0.4, -0.2) is 38.0 Å². The van der Waals surface area contributed by atoms with Gasteiger partial charge in [0.25, 0.3) is 0 Å². The maximum absolute atomic E-state index is 13.9. The summed E-state index contributed by atoms with van der Waals surface area (Å²) in [6, 6.07) is 13.4. The summed E-state index contributed by atoms with van der Waals surface area (Å²) in [5.41, 5.74) is 2.18. The van der Waals surface area contributed by atoms with E-state index >= 15 is 0 Å². The molecular formula is C26H23FN4O3. The van der Waals surface area contributed by atoms with Gasteiger partial charge >= 0.3 is 5.69 Å². The van der Waals surface area contributed by atoms with E-state index in [-0.39, 0.29) is 23.5 Å². The fraction of sp³-hybridized carbons (Fsp3) is 0.192. The quantitative estimate of drug-likeness (QED) is 0.416. The third kappa shape index (κ3) is 3.67. The van der Waals surface area contributed by atoms with E-state index in [1.54, 1.807) is 63.7 Å². The predicted octanol–water partition coefficient (Wildman–Crippen LogP) is 4.39. The minimum atomic E-state index is -0.348. The van der Waals surface area contributed by atoms with Crippen LogP contribution in [-0.2, 0) is 4.79 Å². The van der Waals surface area contributed by atoms with E-state index in [2.05, 4.69) is 11.6 Å². The molecule has 3 heterocycles. The van der Waals surface area contributed by atoms with E-state index < -0.39 is 0 Å². The highest BCUT2D eigenvalue weighted by Crippen LogP contribution is 2.30. The van der Waals surface area contributed by atoms with Crippen molar-refractivity contribution in [2.75, 3.05) is 13.1 Å². The molecule has 5 rings (SSSR count). The van der Waals surface area contributed by atoms with Crippen LogP contribution in [0.2, 0.25) is 0 Å². The average Bonchev–Trinajstić information content (AvgIpc) is 3.43. The third-order valence-corrected chi connectivity index (χ3v) is 6.21. The first kappa shape index (κ1) is 21.6. The number of aromatic nitrogens is 3. The van der Waals surface area contributed by atoms with Gasteiger partial charge in [0, 0.05) is 30.9 Å². The minimum Gasteiger partial charge on any atom is -0.457 e. The number of rotatable bonds is 5. The number of pyridine rings is 1. The first-order valence-electron chi connectivity index (χ1n) is 11.0. The maximum atomic E-state index is 13.9. The Labute approximate surface area is 195 Å². The normalized spacial score (nSPS) is 15.6. The van der Waals surface area contributed by atoms with E-state index in [4.69, 9.17) is 4.74 Å². The second kappa shape index (κ2) is 8.62. The molecule has 0 radical (unpaired) electrons. The molecule has 0 N–H and O–H groups in total. The van der Waals surface area contributed by atoms with Crippen LogP contribution in [0.5, 0.6) is 11.5 Å². The molecule has 7 nitrogen and oxygen atoms in total. The maximum Gasteiger partial charge on any atom is 0.334 e. The third-order valence-electron chi connectivity index (χ3n) is 6.21. The number of ether oxygens (including phenoxy) is 1. The second-order valence-corrected chi connectivity index (χ2v) is 8.25. The number of halogens is 1. The van der Waals surface area contributed by atoms with Gasteiger partial charge in [0.15, 0.2) is 0 Å².